The van der Waals surface area contributed by atoms with Gasteiger partial charge in [-0.25, -0.2) is 4.98 Å². The fourth-order valence-corrected chi connectivity index (χ4v) is 2.06. The maximum Gasteiger partial charge on any atom is 0.107 e. The molecule has 0 atom stereocenters. The number of aryl methyl sites for hydroxylation is 2. The summed E-state index contributed by atoms with van der Waals surface area (Å²) >= 11 is 0. The molecule has 3 nitrogen and oxygen atoms in total. The van der Waals surface area contributed by atoms with Gasteiger partial charge in [0.1, 0.15) is 5.82 Å². The average Bonchev–Trinajstić information content (AvgIpc) is 2.76. The SMILES string of the molecule is CCc1ccc2nc(CCCCCN)[nH]c2c1. The van der Waals surface area contributed by atoms with E-state index < -0.39 is 0 Å². The average molecular weight is 231 g/mol. The Morgan fingerprint density at radius 2 is 2.12 bits per heavy atom. The van der Waals surface area contributed by atoms with Crippen LogP contribution in [-0.2, 0) is 12.8 Å². The summed E-state index contributed by atoms with van der Waals surface area (Å²) in [4.78, 5) is 8.00. The fraction of sp³-hybridized carbons (Fsp3) is 0.500. The third-order valence-corrected chi connectivity index (χ3v) is 3.12. The Bertz CT molecular complexity index is 473. The molecule has 2 aromatic rings. The predicted octanol–water partition coefficient (Wildman–Crippen LogP) is 2.80. The van der Waals surface area contributed by atoms with E-state index in [2.05, 4.69) is 35.1 Å². The van der Waals surface area contributed by atoms with Crippen molar-refractivity contribution in [2.24, 2.45) is 5.73 Å². The molecular weight excluding hydrogens is 210 g/mol. The molecule has 0 aliphatic rings. The third kappa shape index (κ3) is 3.07. The second-order valence-corrected chi connectivity index (χ2v) is 4.49. The molecule has 0 fully saturated rings. The van der Waals surface area contributed by atoms with Crippen LogP contribution in [0.15, 0.2) is 18.2 Å². The number of benzene rings is 1. The highest BCUT2D eigenvalue weighted by molar-refractivity contribution is 5.75. The first kappa shape index (κ1) is 12.1. The van der Waals surface area contributed by atoms with E-state index in [0.29, 0.717) is 0 Å². The van der Waals surface area contributed by atoms with Crippen LogP contribution in [0.2, 0.25) is 0 Å². The van der Waals surface area contributed by atoms with Gasteiger partial charge in [-0.05, 0) is 43.5 Å². The second-order valence-electron chi connectivity index (χ2n) is 4.49. The first-order chi connectivity index (χ1) is 8.33. The molecule has 3 heteroatoms. The summed E-state index contributed by atoms with van der Waals surface area (Å²) in [6, 6.07) is 6.46. The summed E-state index contributed by atoms with van der Waals surface area (Å²) in [6.07, 6.45) is 5.56. The van der Waals surface area contributed by atoms with Gasteiger partial charge in [0.15, 0.2) is 0 Å². The molecule has 2 rings (SSSR count). The summed E-state index contributed by atoms with van der Waals surface area (Å²) in [7, 11) is 0. The zero-order chi connectivity index (χ0) is 12.1. The lowest BCUT2D eigenvalue weighted by molar-refractivity contribution is 0.674. The van der Waals surface area contributed by atoms with Gasteiger partial charge >= 0.3 is 0 Å². The van der Waals surface area contributed by atoms with E-state index in [1.807, 2.05) is 0 Å². The van der Waals surface area contributed by atoms with Crippen LogP contribution in [0.25, 0.3) is 11.0 Å². The predicted molar refractivity (Wildman–Crippen MR) is 72.1 cm³/mol. The molecule has 0 saturated carbocycles. The Morgan fingerprint density at radius 1 is 1.24 bits per heavy atom. The first-order valence-electron chi connectivity index (χ1n) is 6.51. The molecule has 0 amide bonds. The number of H-pyrrole nitrogens is 1. The monoisotopic (exact) mass is 231 g/mol. The molecule has 17 heavy (non-hydrogen) atoms. The standard InChI is InChI=1S/C14H21N3/c1-2-11-7-8-12-13(10-11)17-14(16-12)6-4-3-5-9-15/h7-8,10H,2-6,9,15H2,1H3,(H,16,17). The molecule has 1 aromatic heterocycles. The van der Waals surface area contributed by atoms with E-state index in [4.69, 9.17) is 5.73 Å². The smallest absolute Gasteiger partial charge is 0.107 e. The Balaban J connectivity index is 2.04. The number of nitrogens with two attached hydrogens (primary N) is 1. The molecule has 1 aromatic carbocycles. The topological polar surface area (TPSA) is 54.7 Å². The highest BCUT2D eigenvalue weighted by Crippen LogP contribution is 2.15. The van der Waals surface area contributed by atoms with Gasteiger partial charge in [0, 0.05) is 6.42 Å². The van der Waals surface area contributed by atoms with E-state index in [9.17, 15) is 0 Å². The van der Waals surface area contributed by atoms with Gasteiger partial charge in [0.05, 0.1) is 11.0 Å². The van der Waals surface area contributed by atoms with Gasteiger partial charge in [-0.3, -0.25) is 0 Å². The number of nitrogens with one attached hydrogen (secondary N) is 1. The van der Waals surface area contributed by atoms with E-state index in [1.165, 1.54) is 12.0 Å². The number of unbranched alkanes of at least 4 members (excludes halogenated alkanes) is 2. The van der Waals surface area contributed by atoms with E-state index in [0.717, 1.165) is 49.1 Å². The molecule has 0 unspecified atom stereocenters. The van der Waals surface area contributed by atoms with Crippen molar-refractivity contribution in [2.45, 2.75) is 39.0 Å². The van der Waals surface area contributed by atoms with Gasteiger partial charge in [0.2, 0.25) is 0 Å². The zero-order valence-corrected chi connectivity index (χ0v) is 10.5. The van der Waals surface area contributed by atoms with Crippen LogP contribution >= 0.6 is 0 Å². The van der Waals surface area contributed by atoms with Crippen LogP contribution in [0.1, 0.15) is 37.6 Å². The van der Waals surface area contributed by atoms with Crippen LogP contribution in [0.5, 0.6) is 0 Å². The van der Waals surface area contributed by atoms with Crippen molar-refractivity contribution in [2.75, 3.05) is 6.54 Å². The number of nitrogens with zero attached hydrogens (tertiary/aromatic N) is 1. The molecule has 92 valence electrons. The van der Waals surface area contributed by atoms with Crippen molar-refractivity contribution in [1.82, 2.24) is 9.97 Å². The maximum absolute atomic E-state index is 5.48. The normalized spacial score (nSPS) is 11.2. The molecule has 0 saturated heterocycles. The van der Waals surface area contributed by atoms with Gasteiger partial charge in [-0.2, -0.15) is 0 Å². The maximum atomic E-state index is 5.48. The van der Waals surface area contributed by atoms with Crippen molar-refractivity contribution in [1.29, 1.82) is 0 Å². The van der Waals surface area contributed by atoms with Crippen LogP contribution < -0.4 is 5.73 Å². The van der Waals surface area contributed by atoms with Crippen LogP contribution in [0, 0.1) is 0 Å². The molecule has 0 radical (unpaired) electrons. The molecule has 0 bridgehead atoms. The molecule has 0 aliphatic heterocycles. The Kier molecular flexibility index (Phi) is 4.15. The fourth-order valence-electron chi connectivity index (χ4n) is 2.06. The summed E-state index contributed by atoms with van der Waals surface area (Å²) in [5.74, 6) is 1.10. The number of aromatic amines is 1. The second kappa shape index (κ2) is 5.82. The summed E-state index contributed by atoms with van der Waals surface area (Å²) < 4.78 is 0. The minimum absolute atomic E-state index is 0.792. The van der Waals surface area contributed by atoms with Gasteiger partial charge < -0.3 is 10.7 Å². The van der Waals surface area contributed by atoms with Crippen molar-refractivity contribution >= 4 is 11.0 Å². The molecule has 0 aliphatic carbocycles. The molecule has 1 heterocycles. The van der Waals surface area contributed by atoms with E-state index in [-0.39, 0.29) is 0 Å². The van der Waals surface area contributed by atoms with Crippen molar-refractivity contribution in [3.8, 4) is 0 Å². The van der Waals surface area contributed by atoms with Crippen molar-refractivity contribution in [3.05, 3.63) is 29.6 Å². The minimum atomic E-state index is 0.792. The van der Waals surface area contributed by atoms with Crippen LogP contribution in [0.3, 0.4) is 0 Å². The molecule has 0 spiro atoms. The van der Waals surface area contributed by atoms with Crippen molar-refractivity contribution < 1.29 is 0 Å². The van der Waals surface area contributed by atoms with Crippen LogP contribution in [-0.4, -0.2) is 16.5 Å². The Hall–Kier alpha value is -1.35. The molecule has 3 N–H and O–H groups in total. The molecular formula is C14H21N3. The van der Waals surface area contributed by atoms with E-state index >= 15 is 0 Å². The number of imidazole rings is 1. The summed E-state index contributed by atoms with van der Waals surface area (Å²) in [6.45, 7) is 2.96. The highest BCUT2D eigenvalue weighted by Gasteiger charge is 2.03. The lowest BCUT2D eigenvalue weighted by Gasteiger charge is -1.96. The number of fused-ring (bicyclic) bond motifs is 1. The largest absolute Gasteiger partial charge is 0.342 e. The number of rotatable bonds is 6. The Morgan fingerprint density at radius 3 is 2.88 bits per heavy atom. The van der Waals surface area contributed by atoms with Crippen molar-refractivity contribution in [3.63, 3.8) is 0 Å². The minimum Gasteiger partial charge on any atom is -0.342 e. The lowest BCUT2D eigenvalue weighted by Crippen LogP contribution is -1.98. The number of aromatic nitrogens is 2. The lowest BCUT2D eigenvalue weighted by atomic mass is 10.1. The van der Waals surface area contributed by atoms with Gasteiger partial charge in [0.25, 0.3) is 0 Å². The number of hydrogen-bond acceptors (Lipinski definition) is 2. The quantitative estimate of drug-likeness (QED) is 0.751. The third-order valence-electron chi connectivity index (χ3n) is 3.12. The van der Waals surface area contributed by atoms with E-state index in [1.54, 1.807) is 0 Å². The zero-order valence-electron chi connectivity index (χ0n) is 10.5. The first-order valence-corrected chi connectivity index (χ1v) is 6.51. The van der Waals surface area contributed by atoms with Gasteiger partial charge in [-0.1, -0.05) is 19.4 Å². The van der Waals surface area contributed by atoms with Gasteiger partial charge in [-0.15, -0.1) is 0 Å². The Labute approximate surface area is 102 Å². The van der Waals surface area contributed by atoms with Crippen LogP contribution in [0.4, 0.5) is 0 Å². The highest BCUT2D eigenvalue weighted by atomic mass is 14.9. The number of hydrogen-bond donors (Lipinski definition) is 2. The summed E-state index contributed by atoms with van der Waals surface area (Å²) in [5, 5.41) is 0. The summed E-state index contributed by atoms with van der Waals surface area (Å²) in [5.41, 5.74) is 9.08.